The van der Waals surface area contributed by atoms with E-state index in [1.807, 2.05) is 12.3 Å². The number of pyridine rings is 1. The molecule has 1 N–H and O–H groups in total. The summed E-state index contributed by atoms with van der Waals surface area (Å²) >= 11 is 0. The zero-order valence-corrected chi connectivity index (χ0v) is 10.7. The maximum absolute atomic E-state index is 12.6. The molecule has 3 heteroatoms. The number of amides is 1. The minimum atomic E-state index is -0.302. The lowest BCUT2D eigenvalue weighted by Crippen LogP contribution is -2.49. The molecule has 0 aromatic carbocycles. The molecule has 0 atom stereocenters. The van der Waals surface area contributed by atoms with Crippen molar-refractivity contribution in [2.24, 2.45) is 0 Å². The van der Waals surface area contributed by atoms with Crippen molar-refractivity contribution in [3.63, 3.8) is 0 Å². The van der Waals surface area contributed by atoms with Crippen molar-refractivity contribution in [2.75, 3.05) is 0 Å². The van der Waals surface area contributed by atoms with Crippen molar-refractivity contribution in [3.8, 4) is 0 Å². The van der Waals surface area contributed by atoms with E-state index in [0.29, 0.717) is 6.04 Å². The summed E-state index contributed by atoms with van der Waals surface area (Å²) in [5, 5.41) is 3.23. The quantitative estimate of drug-likeness (QED) is 0.888. The Morgan fingerprint density at radius 1 is 1.28 bits per heavy atom. The van der Waals surface area contributed by atoms with Gasteiger partial charge < -0.3 is 5.32 Å². The number of carbonyl (C=O) groups excluding carboxylic acids is 1. The number of hydrogen-bond acceptors (Lipinski definition) is 2. The number of carbonyl (C=O) groups is 1. The van der Waals surface area contributed by atoms with Crippen LogP contribution < -0.4 is 5.32 Å². The highest BCUT2D eigenvalue weighted by molar-refractivity contribution is 5.88. The largest absolute Gasteiger partial charge is 0.353 e. The highest BCUT2D eigenvalue weighted by Crippen LogP contribution is 2.41. The van der Waals surface area contributed by atoms with Crippen molar-refractivity contribution in [1.82, 2.24) is 10.3 Å². The zero-order chi connectivity index (χ0) is 12.4. The predicted octanol–water partition coefficient (Wildman–Crippen LogP) is 2.56. The second-order valence-electron chi connectivity index (χ2n) is 5.63. The van der Waals surface area contributed by atoms with Gasteiger partial charge in [0.15, 0.2) is 0 Å². The normalized spacial score (nSPS) is 22.4. The molecule has 0 spiro atoms. The lowest BCUT2D eigenvalue weighted by atomic mass is 9.78. The average molecular weight is 244 g/mol. The third-order valence-electron chi connectivity index (χ3n) is 4.55. The molecule has 1 heterocycles. The monoisotopic (exact) mass is 244 g/mol. The molecule has 1 aromatic rings. The van der Waals surface area contributed by atoms with Crippen LogP contribution in [0.4, 0.5) is 0 Å². The van der Waals surface area contributed by atoms with Gasteiger partial charge >= 0.3 is 0 Å². The maximum atomic E-state index is 12.6. The molecule has 3 nitrogen and oxygen atoms in total. The second-order valence-corrected chi connectivity index (χ2v) is 5.63. The van der Waals surface area contributed by atoms with Crippen LogP contribution in [-0.2, 0) is 10.2 Å². The number of nitrogens with one attached hydrogen (secondary N) is 1. The van der Waals surface area contributed by atoms with Gasteiger partial charge in [0.05, 0.1) is 5.41 Å². The first kappa shape index (κ1) is 11.7. The molecule has 0 bridgehead atoms. The molecule has 2 saturated carbocycles. The number of rotatable bonds is 3. The second kappa shape index (κ2) is 4.71. The van der Waals surface area contributed by atoms with Gasteiger partial charge in [0.1, 0.15) is 0 Å². The lowest BCUT2D eigenvalue weighted by molar-refractivity contribution is -0.128. The van der Waals surface area contributed by atoms with Gasteiger partial charge in [-0.15, -0.1) is 0 Å². The fourth-order valence-corrected chi connectivity index (χ4v) is 3.15. The first-order valence-corrected chi connectivity index (χ1v) is 7.03. The van der Waals surface area contributed by atoms with E-state index in [2.05, 4.69) is 16.4 Å². The van der Waals surface area contributed by atoms with E-state index in [9.17, 15) is 4.79 Å². The van der Waals surface area contributed by atoms with Gasteiger partial charge in [-0.05, 0) is 43.7 Å². The predicted molar refractivity (Wildman–Crippen MR) is 70.2 cm³/mol. The Balaban J connectivity index is 1.84. The minimum Gasteiger partial charge on any atom is -0.353 e. The summed E-state index contributed by atoms with van der Waals surface area (Å²) in [7, 11) is 0. The summed E-state index contributed by atoms with van der Waals surface area (Å²) in [6.45, 7) is 0. The molecule has 96 valence electrons. The SMILES string of the molecule is O=C(NC1CCC1)C1(c2cccnc2)CCCC1. The molecule has 18 heavy (non-hydrogen) atoms. The van der Waals surface area contributed by atoms with Gasteiger partial charge in [-0.2, -0.15) is 0 Å². The Labute approximate surface area is 108 Å². The standard InChI is InChI=1S/C15H20N2O/c18-14(17-13-6-3-7-13)15(8-1-2-9-15)12-5-4-10-16-11-12/h4-5,10-11,13H,1-3,6-9H2,(H,17,18). The summed E-state index contributed by atoms with van der Waals surface area (Å²) in [4.78, 5) is 16.8. The summed E-state index contributed by atoms with van der Waals surface area (Å²) < 4.78 is 0. The molecule has 2 fully saturated rings. The third kappa shape index (κ3) is 1.92. The molecule has 3 rings (SSSR count). The van der Waals surface area contributed by atoms with Crippen molar-refractivity contribution >= 4 is 5.91 Å². The van der Waals surface area contributed by atoms with E-state index in [-0.39, 0.29) is 11.3 Å². The number of aromatic nitrogens is 1. The van der Waals surface area contributed by atoms with Gasteiger partial charge in [0, 0.05) is 18.4 Å². The van der Waals surface area contributed by atoms with Crippen LogP contribution in [0.2, 0.25) is 0 Å². The molecule has 2 aliphatic rings. The van der Waals surface area contributed by atoms with Gasteiger partial charge in [-0.25, -0.2) is 0 Å². The third-order valence-corrected chi connectivity index (χ3v) is 4.55. The van der Waals surface area contributed by atoms with Crippen molar-refractivity contribution in [3.05, 3.63) is 30.1 Å². The van der Waals surface area contributed by atoms with Crippen LogP contribution >= 0.6 is 0 Å². The Hall–Kier alpha value is -1.38. The summed E-state index contributed by atoms with van der Waals surface area (Å²) in [5.74, 6) is 0.234. The molecule has 1 amide bonds. The van der Waals surface area contributed by atoms with E-state index in [0.717, 1.165) is 44.1 Å². The van der Waals surface area contributed by atoms with Crippen LogP contribution in [-0.4, -0.2) is 16.9 Å². The van der Waals surface area contributed by atoms with Crippen LogP contribution in [0.3, 0.4) is 0 Å². The molecule has 0 saturated heterocycles. The first-order chi connectivity index (χ1) is 8.81. The van der Waals surface area contributed by atoms with Gasteiger partial charge in [-0.1, -0.05) is 18.9 Å². The Morgan fingerprint density at radius 3 is 2.61 bits per heavy atom. The molecule has 0 unspecified atom stereocenters. The molecule has 0 aliphatic heterocycles. The van der Waals surface area contributed by atoms with Crippen molar-refractivity contribution in [2.45, 2.75) is 56.4 Å². The van der Waals surface area contributed by atoms with Crippen LogP contribution in [0.25, 0.3) is 0 Å². The summed E-state index contributed by atoms with van der Waals surface area (Å²) in [6, 6.07) is 4.41. The molecule has 1 aromatic heterocycles. The van der Waals surface area contributed by atoms with Crippen LogP contribution in [0.1, 0.15) is 50.5 Å². The summed E-state index contributed by atoms with van der Waals surface area (Å²) in [6.07, 6.45) is 11.4. The smallest absolute Gasteiger partial charge is 0.230 e. The highest BCUT2D eigenvalue weighted by atomic mass is 16.2. The molecular formula is C15H20N2O. The fraction of sp³-hybridized carbons (Fsp3) is 0.600. The molecule has 0 radical (unpaired) electrons. The highest BCUT2D eigenvalue weighted by Gasteiger charge is 2.43. The first-order valence-electron chi connectivity index (χ1n) is 7.03. The number of hydrogen-bond donors (Lipinski definition) is 1. The molecular weight excluding hydrogens is 224 g/mol. The number of nitrogens with zero attached hydrogens (tertiary/aromatic N) is 1. The summed E-state index contributed by atoms with van der Waals surface area (Å²) in [5.41, 5.74) is 0.795. The Bertz CT molecular complexity index is 419. The maximum Gasteiger partial charge on any atom is 0.230 e. The van der Waals surface area contributed by atoms with Crippen LogP contribution in [0.5, 0.6) is 0 Å². The molecule has 2 aliphatic carbocycles. The van der Waals surface area contributed by atoms with Gasteiger partial charge in [-0.3, -0.25) is 9.78 Å². The van der Waals surface area contributed by atoms with Gasteiger partial charge in [0.2, 0.25) is 5.91 Å². The fourth-order valence-electron chi connectivity index (χ4n) is 3.15. The lowest BCUT2D eigenvalue weighted by Gasteiger charge is -2.33. The van der Waals surface area contributed by atoms with Crippen LogP contribution in [0.15, 0.2) is 24.5 Å². The van der Waals surface area contributed by atoms with Gasteiger partial charge in [0.25, 0.3) is 0 Å². The van der Waals surface area contributed by atoms with E-state index in [4.69, 9.17) is 0 Å². The van der Waals surface area contributed by atoms with Crippen molar-refractivity contribution in [1.29, 1.82) is 0 Å². The minimum absolute atomic E-state index is 0.234. The van der Waals surface area contributed by atoms with E-state index in [1.54, 1.807) is 6.20 Å². The van der Waals surface area contributed by atoms with Crippen molar-refractivity contribution < 1.29 is 4.79 Å². The average Bonchev–Trinajstić information content (AvgIpc) is 2.85. The van der Waals surface area contributed by atoms with E-state index in [1.165, 1.54) is 6.42 Å². The zero-order valence-electron chi connectivity index (χ0n) is 10.7. The Morgan fingerprint density at radius 2 is 2.06 bits per heavy atom. The topological polar surface area (TPSA) is 42.0 Å². The van der Waals surface area contributed by atoms with E-state index < -0.39 is 0 Å². The van der Waals surface area contributed by atoms with Crippen LogP contribution in [0, 0.1) is 0 Å². The Kier molecular flexibility index (Phi) is 3.06. The van der Waals surface area contributed by atoms with E-state index >= 15 is 0 Å².